The fourth-order valence-electron chi connectivity index (χ4n) is 2.21. The van der Waals surface area contributed by atoms with Gasteiger partial charge in [-0.2, -0.15) is 4.68 Å². The molecule has 5 nitrogen and oxygen atoms in total. The molecule has 0 saturated heterocycles. The molecule has 0 unspecified atom stereocenters. The van der Waals surface area contributed by atoms with Crippen LogP contribution in [0.1, 0.15) is 0 Å². The van der Waals surface area contributed by atoms with Gasteiger partial charge in [0.1, 0.15) is 18.1 Å². The molecule has 1 heterocycles. The van der Waals surface area contributed by atoms with Gasteiger partial charge in [-0.25, -0.2) is 4.68 Å². The number of anilines is 1. The zero-order chi connectivity index (χ0) is 15.0. The highest BCUT2D eigenvalue weighted by molar-refractivity contribution is 6.31. The van der Waals surface area contributed by atoms with Gasteiger partial charge in [-0.3, -0.25) is 0 Å². The van der Waals surface area contributed by atoms with Crippen LogP contribution < -0.4 is 22.8 Å². The van der Waals surface area contributed by atoms with Crippen molar-refractivity contribution in [2.45, 2.75) is 0 Å². The number of fused-ring (bicyclic) bond motifs is 1. The van der Waals surface area contributed by atoms with E-state index in [2.05, 4.69) is 10.2 Å². The molecule has 0 aliphatic rings. The molecule has 3 rings (SSSR count). The van der Waals surface area contributed by atoms with Gasteiger partial charge in [0.15, 0.2) is 0 Å². The lowest BCUT2D eigenvalue weighted by atomic mass is 10.2. The molecule has 2 N–H and O–H groups in total. The molecule has 7 heteroatoms. The van der Waals surface area contributed by atoms with E-state index in [0.717, 1.165) is 22.4 Å². The number of hydrogen-bond acceptors (Lipinski definition) is 3. The van der Waals surface area contributed by atoms with Gasteiger partial charge in [0.05, 0.1) is 10.6 Å². The number of nitrogens with zero attached hydrogens (tertiary/aromatic N) is 4. The molecule has 0 aliphatic carbocycles. The maximum atomic E-state index is 6.08. The summed E-state index contributed by atoms with van der Waals surface area (Å²) in [5.41, 5.74) is 8.17. The molecule has 2 aromatic carbocycles. The second-order valence-electron chi connectivity index (χ2n) is 4.82. The van der Waals surface area contributed by atoms with E-state index in [1.165, 1.54) is 0 Å². The zero-order valence-corrected chi connectivity index (χ0v) is 13.7. The molecule has 0 aliphatic heterocycles. The second-order valence-corrected chi connectivity index (χ2v) is 5.26. The first-order valence-electron chi connectivity index (χ1n) is 6.48. The van der Waals surface area contributed by atoms with E-state index in [1.807, 2.05) is 53.8 Å². The Bertz CT molecular complexity index is 837. The van der Waals surface area contributed by atoms with E-state index in [-0.39, 0.29) is 12.4 Å². The van der Waals surface area contributed by atoms with Gasteiger partial charge < -0.3 is 18.1 Å². The second kappa shape index (κ2) is 6.34. The SMILES string of the molecule is Cn1c2ccc(Cl)cc2c(N=Nc2ccc(N)cc2)[n+]1C.[Cl-]. The molecule has 0 saturated carbocycles. The molecule has 1 aromatic heterocycles. The maximum Gasteiger partial charge on any atom is 0.378 e. The predicted molar refractivity (Wildman–Crippen MR) is 84.1 cm³/mol. The summed E-state index contributed by atoms with van der Waals surface area (Å²) in [5.74, 6) is 0.756. The summed E-state index contributed by atoms with van der Waals surface area (Å²) < 4.78 is 3.94. The van der Waals surface area contributed by atoms with E-state index < -0.39 is 0 Å². The van der Waals surface area contributed by atoms with Gasteiger partial charge >= 0.3 is 5.82 Å². The summed E-state index contributed by atoms with van der Waals surface area (Å²) in [7, 11) is 3.91. The largest absolute Gasteiger partial charge is 1.00 e. The molecule has 0 atom stereocenters. The van der Waals surface area contributed by atoms with Crippen LogP contribution in [0, 0.1) is 0 Å². The summed E-state index contributed by atoms with van der Waals surface area (Å²) in [5, 5.41) is 10.3. The summed E-state index contributed by atoms with van der Waals surface area (Å²) in [6, 6.07) is 13.0. The number of benzene rings is 2. The number of aromatic nitrogens is 2. The normalized spacial score (nSPS) is 11.0. The first-order valence-corrected chi connectivity index (χ1v) is 6.85. The van der Waals surface area contributed by atoms with Crippen molar-refractivity contribution in [3.8, 4) is 0 Å². The van der Waals surface area contributed by atoms with Crippen LogP contribution in [0.5, 0.6) is 0 Å². The minimum atomic E-state index is 0. The molecule has 114 valence electrons. The predicted octanol–water partition coefficient (Wildman–Crippen LogP) is 0.658. The Balaban J connectivity index is 0.00000176. The van der Waals surface area contributed by atoms with Crippen molar-refractivity contribution in [2.75, 3.05) is 5.73 Å². The standard InChI is InChI=1S/C15H14ClN5.ClH/c1-20-14-8-3-10(16)9-13(14)15(21(20)2)19-18-12-6-4-11(17)5-7-12;/h3-9,17H,1-2H3;1H. The molecule has 0 fully saturated rings. The third-order valence-corrected chi connectivity index (χ3v) is 3.69. The van der Waals surface area contributed by atoms with Crippen molar-refractivity contribution in [1.29, 1.82) is 0 Å². The molecule has 0 bridgehead atoms. The van der Waals surface area contributed by atoms with Crippen molar-refractivity contribution in [2.24, 2.45) is 24.3 Å². The third kappa shape index (κ3) is 2.91. The van der Waals surface area contributed by atoms with Gasteiger partial charge in [-0.15, -0.1) is 0 Å². The average Bonchev–Trinajstić information content (AvgIpc) is 2.70. The molecule has 0 radical (unpaired) electrons. The van der Waals surface area contributed by atoms with Gasteiger partial charge in [0.2, 0.25) is 0 Å². The highest BCUT2D eigenvalue weighted by atomic mass is 35.5. The first kappa shape index (κ1) is 16.3. The van der Waals surface area contributed by atoms with E-state index in [0.29, 0.717) is 10.7 Å². The fraction of sp³-hybridized carbons (Fsp3) is 0.133. The van der Waals surface area contributed by atoms with Gasteiger partial charge in [-0.05, 0) is 47.6 Å². The monoisotopic (exact) mass is 335 g/mol. The Morgan fingerprint density at radius 3 is 2.45 bits per heavy atom. The Morgan fingerprint density at radius 2 is 1.77 bits per heavy atom. The van der Waals surface area contributed by atoms with Gasteiger partial charge in [-0.1, -0.05) is 11.6 Å². The van der Waals surface area contributed by atoms with Gasteiger partial charge in [0.25, 0.3) is 0 Å². The average molecular weight is 336 g/mol. The number of nitrogens with two attached hydrogens (primary N) is 1. The van der Waals surface area contributed by atoms with Crippen molar-refractivity contribution in [3.63, 3.8) is 0 Å². The van der Waals surface area contributed by atoms with E-state index in [9.17, 15) is 0 Å². The quantitative estimate of drug-likeness (QED) is 0.417. The fourth-order valence-corrected chi connectivity index (χ4v) is 2.38. The van der Waals surface area contributed by atoms with Crippen LogP contribution in [-0.4, -0.2) is 4.68 Å². The van der Waals surface area contributed by atoms with E-state index in [4.69, 9.17) is 17.3 Å². The minimum Gasteiger partial charge on any atom is -1.00 e. The molecular weight excluding hydrogens is 321 g/mol. The topological polar surface area (TPSA) is 59.6 Å². The van der Waals surface area contributed by atoms with Crippen LogP contribution in [0.15, 0.2) is 52.7 Å². The number of hydrogen-bond donors (Lipinski definition) is 1. The number of halogens is 2. The number of rotatable bonds is 2. The lowest BCUT2D eigenvalue weighted by molar-refractivity contribution is -0.737. The number of azo groups is 1. The summed E-state index contributed by atoms with van der Waals surface area (Å²) in [4.78, 5) is 0. The zero-order valence-electron chi connectivity index (χ0n) is 12.2. The van der Waals surface area contributed by atoms with Crippen molar-refractivity contribution >= 4 is 39.7 Å². The van der Waals surface area contributed by atoms with Crippen LogP contribution in [0.2, 0.25) is 5.02 Å². The van der Waals surface area contributed by atoms with Crippen LogP contribution in [0.3, 0.4) is 0 Å². The summed E-state index contributed by atoms with van der Waals surface area (Å²) >= 11 is 6.08. The van der Waals surface area contributed by atoms with Crippen molar-refractivity contribution in [3.05, 3.63) is 47.5 Å². The third-order valence-electron chi connectivity index (χ3n) is 3.46. The van der Waals surface area contributed by atoms with Crippen molar-refractivity contribution in [1.82, 2.24) is 4.68 Å². The Labute approximate surface area is 139 Å². The lowest BCUT2D eigenvalue weighted by Crippen LogP contribution is -3.00. The number of aryl methyl sites for hydroxylation is 1. The van der Waals surface area contributed by atoms with Crippen LogP contribution in [-0.2, 0) is 14.1 Å². The van der Waals surface area contributed by atoms with Crippen LogP contribution in [0.4, 0.5) is 17.2 Å². The highest BCUT2D eigenvalue weighted by Gasteiger charge is 2.19. The Morgan fingerprint density at radius 1 is 1.09 bits per heavy atom. The summed E-state index contributed by atoms with van der Waals surface area (Å²) in [6.07, 6.45) is 0. The first-order chi connectivity index (χ1) is 10.1. The Hall–Kier alpha value is -2.11. The van der Waals surface area contributed by atoms with Crippen LogP contribution in [0.25, 0.3) is 10.9 Å². The molecular formula is C15H15Cl2N5. The molecule has 22 heavy (non-hydrogen) atoms. The minimum absolute atomic E-state index is 0. The molecule has 0 amide bonds. The molecule has 3 aromatic rings. The number of nitrogen functional groups attached to an aromatic ring is 1. The van der Waals surface area contributed by atoms with E-state index >= 15 is 0 Å². The molecule has 0 spiro atoms. The maximum absolute atomic E-state index is 6.08. The van der Waals surface area contributed by atoms with Crippen LogP contribution >= 0.6 is 11.6 Å². The summed E-state index contributed by atoms with van der Waals surface area (Å²) in [6.45, 7) is 0. The Kier molecular flexibility index (Phi) is 4.68. The van der Waals surface area contributed by atoms with Gasteiger partial charge in [0, 0.05) is 17.8 Å². The van der Waals surface area contributed by atoms with Crippen molar-refractivity contribution < 1.29 is 17.1 Å². The highest BCUT2D eigenvalue weighted by Crippen LogP contribution is 2.27. The lowest BCUT2D eigenvalue weighted by Gasteiger charge is -1.94. The smallest absolute Gasteiger partial charge is 0.378 e. The van der Waals surface area contributed by atoms with E-state index in [1.54, 1.807) is 12.1 Å².